The molecule has 0 fully saturated rings. The maximum Gasteiger partial charge on any atom is 0.272 e. The lowest BCUT2D eigenvalue weighted by Gasteiger charge is -2.13. The third-order valence-electron chi connectivity index (χ3n) is 3.03. The van der Waals surface area contributed by atoms with Crippen molar-refractivity contribution in [3.05, 3.63) is 51.2 Å². The molecule has 0 aliphatic heterocycles. The van der Waals surface area contributed by atoms with Gasteiger partial charge >= 0.3 is 0 Å². The summed E-state index contributed by atoms with van der Waals surface area (Å²) >= 11 is 9.45. The standard InChI is InChI=1S/C15H16BrClN2O/c1-9(2)19-8-11(17)6-14(19)15(20)18-12-5-4-10(3)13(16)7-12/h4-9H,1-3H3,(H,18,20). The fourth-order valence-corrected chi connectivity index (χ4v) is 2.51. The Labute approximate surface area is 132 Å². The Kier molecular flexibility index (Phi) is 4.55. The summed E-state index contributed by atoms with van der Waals surface area (Å²) < 4.78 is 2.83. The summed E-state index contributed by atoms with van der Waals surface area (Å²) in [5, 5.41) is 3.45. The first-order chi connectivity index (χ1) is 9.38. The van der Waals surface area contributed by atoms with E-state index in [-0.39, 0.29) is 11.9 Å². The predicted molar refractivity (Wildman–Crippen MR) is 86.7 cm³/mol. The van der Waals surface area contributed by atoms with Crippen LogP contribution in [0.4, 0.5) is 5.69 Å². The van der Waals surface area contributed by atoms with Gasteiger partial charge in [0, 0.05) is 22.4 Å². The van der Waals surface area contributed by atoms with E-state index in [9.17, 15) is 4.79 Å². The number of rotatable bonds is 3. The maximum atomic E-state index is 12.3. The highest BCUT2D eigenvalue weighted by atomic mass is 79.9. The average molecular weight is 356 g/mol. The number of hydrogen-bond acceptors (Lipinski definition) is 1. The molecule has 0 atom stereocenters. The van der Waals surface area contributed by atoms with E-state index in [1.54, 1.807) is 12.3 Å². The first-order valence-corrected chi connectivity index (χ1v) is 7.50. The van der Waals surface area contributed by atoms with Gasteiger partial charge < -0.3 is 9.88 Å². The van der Waals surface area contributed by atoms with Crippen molar-refractivity contribution >= 4 is 39.1 Å². The summed E-state index contributed by atoms with van der Waals surface area (Å²) in [5.74, 6) is -0.165. The second-order valence-electron chi connectivity index (χ2n) is 4.96. The Morgan fingerprint density at radius 1 is 1.35 bits per heavy atom. The Balaban J connectivity index is 2.26. The second-order valence-corrected chi connectivity index (χ2v) is 6.25. The van der Waals surface area contributed by atoms with Crippen LogP contribution in [0.15, 0.2) is 34.9 Å². The molecule has 0 unspecified atom stereocenters. The van der Waals surface area contributed by atoms with Crippen molar-refractivity contribution in [1.29, 1.82) is 0 Å². The fraction of sp³-hybridized carbons (Fsp3) is 0.267. The first kappa shape index (κ1) is 15.1. The molecular formula is C15H16BrClN2O. The molecule has 0 radical (unpaired) electrons. The van der Waals surface area contributed by atoms with Gasteiger partial charge in [-0.15, -0.1) is 0 Å². The average Bonchev–Trinajstić information content (AvgIpc) is 2.76. The number of nitrogens with zero attached hydrogens (tertiary/aromatic N) is 1. The van der Waals surface area contributed by atoms with Gasteiger partial charge in [0.1, 0.15) is 5.69 Å². The Bertz CT molecular complexity index is 649. The van der Waals surface area contributed by atoms with Crippen molar-refractivity contribution in [3.63, 3.8) is 0 Å². The van der Waals surface area contributed by atoms with Crippen molar-refractivity contribution in [2.24, 2.45) is 0 Å². The van der Waals surface area contributed by atoms with Crippen molar-refractivity contribution in [2.75, 3.05) is 5.32 Å². The number of nitrogens with one attached hydrogen (secondary N) is 1. The zero-order valence-electron chi connectivity index (χ0n) is 11.6. The van der Waals surface area contributed by atoms with Crippen LogP contribution >= 0.6 is 27.5 Å². The van der Waals surface area contributed by atoms with Crippen molar-refractivity contribution in [1.82, 2.24) is 4.57 Å². The highest BCUT2D eigenvalue weighted by Gasteiger charge is 2.15. The molecule has 20 heavy (non-hydrogen) atoms. The normalized spacial score (nSPS) is 10.9. The summed E-state index contributed by atoms with van der Waals surface area (Å²) in [4.78, 5) is 12.3. The smallest absolute Gasteiger partial charge is 0.272 e. The number of hydrogen-bond donors (Lipinski definition) is 1. The van der Waals surface area contributed by atoms with Gasteiger partial charge in [-0.3, -0.25) is 4.79 Å². The number of benzene rings is 1. The Morgan fingerprint density at radius 3 is 2.65 bits per heavy atom. The molecule has 0 spiro atoms. The minimum Gasteiger partial charge on any atom is -0.339 e. The van der Waals surface area contributed by atoms with Gasteiger partial charge in [-0.05, 0) is 44.5 Å². The summed E-state index contributed by atoms with van der Waals surface area (Å²) in [6, 6.07) is 7.57. The fourth-order valence-electron chi connectivity index (χ4n) is 1.92. The van der Waals surface area contributed by atoms with E-state index in [0.717, 1.165) is 15.7 Å². The van der Waals surface area contributed by atoms with Crippen LogP contribution in [0.2, 0.25) is 5.02 Å². The molecule has 0 aliphatic carbocycles. The number of carbonyl (C=O) groups is 1. The molecule has 0 saturated carbocycles. The van der Waals surface area contributed by atoms with Crippen LogP contribution in [-0.2, 0) is 0 Å². The molecule has 2 aromatic rings. The van der Waals surface area contributed by atoms with Crippen LogP contribution in [0.3, 0.4) is 0 Å². The molecular weight excluding hydrogens is 340 g/mol. The lowest BCUT2D eigenvalue weighted by atomic mass is 10.2. The van der Waals surface area contributed by atoms with E-state index < -0.39 is 0 Å². The molecule has 1 heterocycles. The third-order valence-corrected chi connectivity index (χ3v) is 4.09. The molecule has 1 amide bonds. The molecule has 3 nitrogen and oxygen atoms in total. The number of amides is 1. The highest BCUT2D eigenvalue weighted by Crippen LogP contribution is 2.23. The molecule has 1 N–H and O–H groups in total. The molecule has 2 rings (SSSR count). The van der Waals surface area contributed by atoms with E-state index in [2.05, 4.69) is 21.2 Å². The van der Waals surface area contributed by atoms with Gasteiger partial charge in [-0.2, -0.15) is 0 Å². The van der Waals surface area contributed by atoms with Gasteiger partial charge in [-0.25, -0.2) is 0 Å². The molecule has 0 saturated heterocycles. The third kappa shape index (κ3) is 3.25. The Morgan fingerprint density at radius 2 is 2.05 bits per heavy atom. The van der Waals surface area contributed by atoms with Gasteiger partial charge in [0.15, 0.2) is 0 Å². The zero-order valence-corrected chi connectivity index (χ0v) is 13.9. The van der Waals surface area contributed by atoms with E-state index in [0.29, 0.717) is 10.7 Å². The topological polar surface area (TPSA) is 34.0 Å². The number of carbonyl (C=O) groups excluding carboxylic acids is 1. The lowest BCUT2D eigenvalue weighted by molar-refractivity contribution is 0.101. The van der Waals surface area contributed by atoms with Gasteiger partial charge in [0.2, 0.25) is 0 Å². The van der Waals surface area contributed by atoms with Crippen LogP contribution in [0.5, 0.6) is 0 Å². The summed E-state index contributed by atoms with van der Waals surface area (Å²) in [6.07, 6.45) is 1.77. The lowest BCUT2D eigenvalue weighted by Crippen LogP contribution is -2.17. The van der Waals surface area contributed by atoms with Crippen molar-refractivity contribution < 1.29 is 4.79 Å². The van der Waals surface area contributed by atoms with Gasteiger partial charge in [0.25, 0.3) is 5.91 Å². The predicted octanol–water partition coefficient (Wildman–Crippen LogP) is 5.05. The maximum absolute atomic E-state index is 12.3. The highest BCUT2D eigenvalue weighted by molar-refractivity contribution is 9.10. The van der Waals surface area contributed by atoms with Crippen LogP contribution in [0.25, 0.3) is 0 Å². The van der Waals surface area contributed by atoms with Gasteiger partial charge in [0.05, 0.1) is 5.02 Å². The summed E-state index contributed by atoms with van der Waals surface area (Å²) in [7, 11) is 0. The SMILES string of the molecule is Cc1ccc(NC(=O)c2cc(Cl)cn2C(C)C)cc1Br. The minimum atomic E-state index is -0.165. The van der Waals surface area contributed by atoms with Gasteiger partial charge in [-0.1, -0.05) is 33.6 Å². The van der Waals surface area contributed by atoms with Crippen LogP contribution in [-0.4, -0.2) is 10.5 Å². The second kappa shape index (κ2) is 6.02. The first-order valence-electron chi connectivity index (χ1n) is 6.33. The molecule has 1 aromatic heterocycles. The quantitative estimate of drug-likeness (QED) is 0.821. The molecule has 5 heteroatoms. The van der Waals surface area contributed by atoms with E-state index in [4.69, 9.17) is 11.6 Å². The number of aryl methyl sites for hydroxylation is 1. The van der Waals surface area contributed by atoms with Crippen molar-refractivity contribution in [2.45, 2.75) is 26.8 Å². The summed E-state index contributed by atoms with van der Waals surface area (Å²) in [5.41, 5.74) is 2.43. The summed E-state index contributed by atoms with van der Waals surface area (Å²) in [6.45, 7) is 6.02. The Hall–Kier alpha value is -1.26. The molecule has 0 aliphatic rings. The number of halogens is 2. The van der Waals surface area contributed by atoms with Crippen LogP contribution in [0, 0.1) is 6.92 Å². The van der Waals surface area contributed by atoms with Crippen molar-refractivity contribution in [3.8, 4) is 0 Å². The molecule has 0 bridgehead atoms. The largest absolute Gasteiger partial charge is 0.339 e. The van der Waals surface area contributed by atoms with Crippen LogP contribution in [0.1, 0.15) is 35.9 Å². The van der Waals surface area contributed by atoms with E-state index >= 15 is 0 Å². The van der Waals surface area contributed by atoms with E-state index in [1.165, 1.54) is 0 Å². The minimum absolute atomic E-state index is 0.165. The monoisotopic (exact) mass is 354 g/mol. The molecule has 106 valence electrons. The van der Waals surface area contributed by atoms with E-state index in [1.807, 2.05) is 43.5 Å². The number of aromatic nitrogens is 1. The van der Waals surface area contributed by atoms with Crippen LogP contribution < -0.4 is 5.32 Å². The number of anilines is 1. The zero-order chi connectivity index (χ0) is 14.9. The molecule has 1 aromatic carbocycles.